The third-order valence-corrected chi connectivity index (χ3v) is 6.33. The predicted molar refractivity (Wildman–Crippen MR) is 104 cm³/mol. The fourth-order valence-corrected chi connectivity index (χ4v) is 5.12. The lowest BCUT2D eigenvalue weighted by atomic mass is 9.74. The van der Waals surface area contributed by atoms with Gasteiger partial charge in [-0.3, -0.25) is 4.79 Å². The molecule has 1 amide bonds. The molecule has 132 valence electrons. The summed E-state index contributed by atoms with van der Waals surface area (Å²) >= 11 is 0. The van der Waals surface area contributed by atoms with Crippen LogP contribution in [0, 0.1) is 0 Å². The monoisotopic (exact) mass is 344 g/mol. The first-order chi connectivity index (χ1) is 12.7. The van der Waals surface area contributed by atoms with E-state index in [2.05, 4.69) is 45.9 Å². The molecule has 0 spiro atoms. The van der Waals surface area contributed by atoms with Crippen molar-refractivity contribution < 1.29 is 4.79 Å². The lowest BCUT2D eigenvalue weighted by Gasteiger charge is -2.45. The number of likely N-dealkylation sites (tertiary alicyclic amines) is 1. The largest absolute Gasteiger partial charge is 0.350 e. The normalized spacial score (nSPS) is 22.1. The van der Waals surface area contributed by atoms with E-state index in [0.29, 0.717) is 12.0 Å². The summed E-state index contributed by atoms with van der Waals surface area (Å²) < 4.78 is 2.07. The quantitative estimate of drug-likeness (QED) is 0.637. The topological polar surface area (TPSA) is 25.2 Å². The van der Waals surface area contributed by atoms with Crippen molar-refractivity contribution in [2.45, 2.75) is 37.6 Å². The molecule has 2 heterocycles. The third-order valence-electron chi connectivity index (χ3n) is 6.33. The number of hydrogen-bond donors (Lipinski definition) is 0. The van der Waals surface area contributed by atoms with Gasteiger partial charge in [-0.1, -0.05) is 42.5 Å². The molecule has 0 N–H and O–H groups in total. The summed E-state index contributed by atoms with van der Waals surface area (Å²) in [4.78, 5) is 15.7. The van der Waals surface area contributed by atoms with Crippen molar-refractivity contribution in [2.75, 3.05) is 6.54 Å². The van der Waals surface area contributed by atoms with Crippen LogP contribution in [-0.4, -0.2) is 28.0 Å². The van der Waals surface area contributed by atoms with Crippen molar-refractivity contribution >= 4 is 16.8 Å². The molecule has 3 aromatic rings. The van der Waals surface area contributed by atoms with Crippen molar-refractivity contribution in [1.82, 2.24) is 9.47 Å². The Kier molecular flexibility index (Phi) is 3.63. The molecule has 2 aliphatic rings. The summed E-state index contributed by atoms with van der Waals surface area (Å²) in [6, 6.07) is 17.4. The van der Waals surface area contributed by atoms with Gasteiger partial charge in [0.15, 0.2) is 0 Å². The van der Waals surface area contributed by atoms with E-state index in [0.717, 1.165) is 42.3 Å². The van der Waals surface area contributed by atoms with Crippen LogP contribution in [0.3, 0.4) is 0 Å². The van der Waals surface area contributed by atoms with Crippen LogP contribution in [-0.2, 0) is 13.5 Å². The summed E-state index contributed by atoms with van der Waals surface area (Å²) in [6.07, 6.45) is 6.45. The van der Waals surface area contributed by atoms with Crippen molar-refractivity contribution in [3.05, 3.63) is 71.4 Å². The standard InChI is InChI=1S/C23H24N2O/c1-24-15-20(19-9-4-5-11-21(19)24)23(26)25-14-6-10-18-17-8-3-2-7-16(17)12-13-22(18)25/h2-5,7-9,11,15,18,22H,6,10,12-14H2,1H3/t18-,22+/m1/s1. The summed E-state index contributed by atoms with van der Waals surface area (Å²) in [5, 5.41) is 1.07. The number of hydrogen-bond acceptors (Lipinski definition) is 1. The first-order valence-corrected chi connectivity index (χ1v) is 9.67. The fourth-order valence-electron chi connectivity index (χ4n) is 5.12. The highest BCUT2D eigenvalue weighted by Crippen LogP contribution is 2.41. The van der Waals surface area contributed by atoms with E-state index in [-0.39, 0.29) is 5.91 Å². The van der Waals surface area contributed by atoms with Gasteiger partial charge in [0.1, 0.15) is 0 Å². The van der Waals surface area contributed by atoms with E-state index in [1.807, 2.05) is 25.4 Å². The van der Waals surface area contributed by atoms with Crippen LogP contribution in [0.2, 0.25) is 0 Å². The number of piperidine rings is 1. The minimum absolute atomic E-state index is 0.205. The van der Waals surface area contributed by atoms with Gasteiger partial charge in [-0.15, -0.1) is 0 Å². The Bertz CT molecular complexity index is 987. The second kappa shape index (κ2) is 6.01. The molecule has 1 aliphatic heterocycles. The van der Waals surface area contributed by atoms with Gasteiger partial charge >= 0.3 is 0 Å². The third kappa shape index (κ3) is 2.30. The molecule has 1 fully saturated rings. The van der Waals surface area contributed by atoms with Gasteiger partial charge in [0.2, 0.25) is 0 Å². The maximum absolute atomic E-state index is 13.5. The number of aromatic nitrogens is 1. The average molecular weight is 344 g/mol. The number of aryl methyl sites for hydroxylation is 2. The number of benzene rings is 2. The number of amides is 1. The fraction of sp³-hybridized carbons (Fsp3) is 0.348. The van der Waals surface area contributed by atoms with E-state index in [1.165, 1.54) is 17.5 Å². The summed E-state index contributed by atoms with van der Waals surface area (Å²) in [7, 11) is 2.02. The van der Waals surface area contributed by atoms with Crippen LogP contribution < -0.4 is 0 Å². The number of carbonyl (C=O) groups is 1. The second-order valence-electron chi connectivity index (χ2n) is 7.72. The van der Waals surface area contributed by atoms with Crippen molar-refractivity contribution in [1.29, 1.82) is 0 Å². The molecule has 1 aliphatic carbocycles. The molecule has 2 aromatic carbocycles. The Labute approximate surface area is 154 Å². The molecule has 26 heavy (non-hydrogen) atoms. The van der Waals surface area contributed by atoms with Crippen LogP contribution in [0.1, 0.15) is 46.7 Å². The van der Waals surface area contributed by atoms with Gasteiger partial charge in [-0.2, -0.15) is 0 Å². The molecular weight excluding hydrogens is 320 g/mol. The van der Waals surface area contributed by atoms with Gasteiger partial charge < -0.3 is 9.47 Å². The minimum Gasteiger partial charge on any atom is -0.350 e. The van der Waals surface area contributed by atoms with E-state index >= 15 is 0 Å². The summed E-state index contributed by atoms with van der Waals surface area (Å²) in [6.45, 7) is 0.880. The molecule has 0 bridgehead atoms. The van der Waals surface area contributed by atoms with E-state index in [1.54, 1.807) is 0 Å². The van der Waals surface area contributed by atoms with Crippen molar-refractivity contribution in [3.8, 4) is 0 Å². The van der Waals surface area contributed by atoms with Crippen LogP contribution in [0.4, 0.5) is 0 Å². The molecule has 1 saturated heterocycles. The number of rotatable bonds is 1. The molecule has 1 aromatic heterocycles. The maximum atomic E-state index is 13.5. The number of carbonyl (C=O) groups excluding carboxylic acids is 1. The zero-order valence-electron chi connectivity index (χ0n) is 15.2. The smallest absolute Gasteiger partial charge is 0.256 e. The van der Waals surface area contributed by atoms with Crippen LogP contribution in [0.5, 0.6) is 0 Å². The van der Waals surface area contributed by atoms with Crippen molar-refractivity contribution in [3.63, 3.8) is 0 Å². The number of para-hydroxylation sites is 1. The Morgan fingerprint density at radius 3 is 2.77 bits per heavy atom. The Morgan fingerprint density at radius 2 is 1.85 bits per heavy atom. The van der Waals surface area contributed by atoms with E-state index in [4.69, 9.17) is 0 Å². The molecule has 2 atom stereocenters. The number of nitrogens with zero attached hydrogens (tertiary/aromatic N) is 2. The second-order valence-corrected chi connectivity index (χ2v) is 7.72. The highest BCUT2D eigenvalue weighted by molar-refractivity contribution is 6.07. The maximum Gasteiger partial charge on any atom is 0.256 e. The average Bonchev–Trinajstić information content (AvgIpc) is 3.04. The van der Waals surface area contributed by atoms with Gasteiger partial charge in [-0.05, 0) is 42.9 Å². The first kappa shape index (κ1) is 15.7. The molecule has 5 rings (SSSR count). The zero-order chi connectivity index (χ0) is 17.7. The zero-order valence-corrected chi connectivity index (χ0v) is 15.2. The van der Waals surface area contributed by atoms with Gasteiger partial charge in [0, 0.05) is 42.7 Å². The van der Waals surface area contributed by atoms with Crippen molar-refractivity contribution in [2.24, 2.45) is 7.05 Å². The lowest BCUT2D eigenvalue weighted by Crippen LogP contribution is -2.49. The molecule has 3 heteroatoms. The Morgan fingerprint density at radius 1 is 1.04 bits per heavy atom. The van der Waals surface area contributed by atoms with E-state index < -0.39 is 0 Å². The minimum atomic E-state index is 0.205. The molecule has 3 nitrogen and oxygen atoms in total. The summed E-state index contributed by atoms with van der Waals surface area (Å²) in [5.74, 6) is 0.698. The highest BCUT2D eigenvalue weighted by Gasteiger charge is 2.39. The summed E-state index contributed by atoms with van der Waals surface area (Å²) in [5.41, 5.74) is 4.92. The van der Waals surface area contributed by atoms with Gasteiger partial charge in [0.25, 0.3) is 5.91 Å². The molecule has 0 unspecified atom stereocenters. The van der Waals surface area contributed by atoms with Gasteiger partial charge in [0.05, 0.1) is 5.56 Å². The lowest BCUT2D eigenvalue weighted by molar-refractivity contribution is 0.0548. The highest BCUT2D eigenvalue weighted by atomic mass is 16.2. The van der Waals surface area contributed by atoms with Crippen LogP contribution in [0.15, 0.2) is 54.7 Å². The van der Waals surface area contributed by atoms with Gasteiger partial charge in [-0.25, -0.2) is 0 Å². The Hall–Kier alpha value is -2.55. The molecular formula is C23H24N2O. The Balaban J connectivity index is 1.53. The predicted octanol–water partition coefficient (Wildman–Crippen LogP) is 4.51. The van der Waals surface area contributed by atoms with Crippen LogP contribution in [0.25, 0.3) is 10.9 Å². The molecule has 0 radical (unpaired) electrons. The molecule has 0 saturated carbocycles. The van der Waals surface area contributed by atoms with E-state index in [9.17, 15) is 4.79 Å². The SMILES string of the molecule is Cn1cc(C(=O)N2CCC[C@@H]3c4ccccc4CC[C@@H]32)c2ccccc21. The van der Waals surface area contributed by atoms with Crippen LogP contribution >= 0.6 is 0 Å². The number of fused-ring (bicyclic) bond motifs is 4. The first-order valence-electron chi connectivity index (χ1n) is 9.67.